The molecule has 1 aromatic rings. The molecule has 92 valence electrons. The minimum Gasteiger partial charge on any atom is -0.497 e. The quantitative estimate of drug-likeness (QED) is 0.793. The number of thioether (sulfide) groups is 1. The van der Waals surface area contributed by atoms with Gasteiger partial charge in [-0.05, 0) is 18.2 Å². The Morgan fingerprint density at radius 1 is 1.59 bits per heavy atom. The van der Waals surface area contributed by atoms with Crippen LogP contribution >= 0.6 is 23.4 Å². The summed E-state index contributed by atoms with van der Waals surface area (Å²) in [4.78, 5) is 12.7. The van der Waals surface area contributed by atoms with Crippen LogP contribution in [0.4, 0.5) is 0 Å². The molecule has 1 heterocycles. The van der Waals surface area contributed by atoms with E-state index in [1.54, 1.807) is 7.11 Å². The van der Waals surface area contributed by atoms with Crippen LogP contribution in [0.3, 0.4) is 0 Å². The van der Waals surface area contributed by atoms with Gasteiger partial charge in [-0.1, -0.05) is 0 Å². The van der Waals surface area contributed by atoms with Crippen molar-refractivity contribution in [1.29, 1.82) is 0 Å². The van der Waals surface area contributed by atoms with E-state index < -0.39 is 6.10 Å². The molecule has 0 aliphatic carbocycles. The van der Waals surface area contributed by atoms with Gasteiger partial charge in [0.25, 0.3) is 0 Å². The first-order chi connectivity index (χ1) is 8.24. The normalized spacial score (nSPS) is 19.2. The Morgan fingerprint density at radius 2 is 2.41 bits per heavy atom. The Bertz CT molecular complexity index is 422. The Balaban J connectivity index is 2.25. The highest BCUT2D eigenvalue weighted by Gasteiger charge is 2.25. The van der Waals surface area contributed by atoms with E-state index in [2.05, 4.69) is 0 Å². The second kappa shape index (κ2) is 5.65. The SMILES string of the molecule is COc1ccc2c(c1)SCC(=O)C(CCCl)O2. The molecule has 3 nitrogen and oxygen atoms in total. The molecule has 0 radical (unpaired) electrons. The van der Waals surface area contributed by atoms with Crippen molar-refractivity contribution in [3.63, 3.8) is 0 Å². The average molecular weight is 273 g/mol. The van der Waals surface area contributed by atoms with Gasteiger partial charge >= 0.3 is 0 Å². The molecular weight excluding hydrogens is 260 g/mol. The number of benzene rings is 1. The van der Waals surface area contributed by atoms with Crippen molar-refractivity contribution in [1.82, 2.24) is 0 Å². The van der Waals surface area contributed by atoms with Crippen LogP contribution in [-0.2, 0) is 4.79 Å². The molecule has 1 aliphatic heterocycles. The van der Waals surface area contributed by atoms with Gasteiger partial charge < -0.3 is 9.47 Å². The van der Waals surface area contributed by atoms with E-state index in [0.717, 1.165) is 16.4 Å². The maximum Gasteiger partial charge on any atom is 0.183 e. The van der Waals surface area contributed by atoms with Gasteiger partial charge in [0.05, 0.1) is 17.8 Å². The van der Waals surface area contributed by atoms with Gasteiger partial charge in [0.1, 0.15) is 11.5 Å². The topological polar surface area (TPSA) is 35.5 Å². The third kappa shape index (κ3) is 2.87. The minimum atomic E-state index is -0.422. The summed E-state index contributed by atoms with van der Waals surface area (Å²) in [6.07, 6.45) is 0.126. The Hall–Kier alpha value is -0.870. The number of hydrogen-bond acceptors (Lipinski definition) is 4. The van der Waals surface area contributed by atoms with Crippen LogP contribution in [0.5, 0.6) is 11.5 Å². The van der Waals surface area contributed by atoms with Gasteiger partial charge in [-0.25, -0.2) is 0 Å². The number of ether oxygens (including phenoxy) is 2. The van der Waals surface area contributed by atoms with Crippen LogP contribution < -0.4 is 9.47 Å². The van der Waals surface area contributed by atoms with Gasteiger partial charge in [-0.2, -0.15) is 0 Å². The number of carbonyl (C=O) groups excluding carboxylic acids is 1. The molecule has 17 heavy (non-hydrogen) atoms. The molecule has 1 unspecified atom stereocenters. The largest absolute Gasteiger partial charge is 0.497 e. The third-order valence-corrected chi connectivity index (χ3v) is 3.80. The number of fused-ring (bicyclic) bond motifs is 1. The number of rotatable bonds is 3. The summed E-state index contributed by atoms with van der Waals surface area (Å²) in [5.41, 5.74) is 0. The fourth-order valence-corrected chi connectivity index (χ4v) is 2.75. The van der Waals surface area contributed by atoms with Crippen molar-refractivity contribution in [3.8, 4) is 11.5 Å². The third-order valence-electron chi connectivity index (χ3n) is 2.52. The van der Waals surface area contributed by atoms with E-state index in [1.807, 2.05) is 18.2 Å². The molecule has 0 amide bonds. The Labute approximate surface area is 109 Å². The van der Waals surface area contributed by atoms with Crippen LogP contribution in [0.1, 0.15) is 6.42 Å². The molecule has 0 N–H and O–H groups in total. The van der Waals surface area contributed by atoms with E-state index >= 15 is 0 Å². The maximum absolute atomic E-state index is 11.8. The van der Waals surface area contributed by atoms with Crippen LogP contribution in [0, 0.1) is 0 Å². The molecule has 1 aliphatic rings. The van der Waals surface area contributed by atoms with Gasteiger partial charge in [-0.15, -0.1) is 23.4 Å². The lowest BCUT2D eigenvalue weighted by atomic mass is 10.2. The molecule has 0 spiro atoms. The first-order valence-corrected chi connectivity index (χ1v) is 6.83. The highest BCUT2D eigenvalue weighted by atomic mass is 35.5. The Kier molecular flexibility index (Phi) is 4.18. The number of carbonyl (C=O) groups is 1. The van der Waals surface area contributed by atoms with E-state index in [1.165, 1.54) is 11.8 Å². The monoisotopic (exact) mass is 272 g/mol. The first kappa shape index (κ1) is 12.6. The predicted molar refractivity (Wildman–Crippen MR) is 68.5 cm³/mol. The van der Waals surface area contributed by atoms with Crippen LogP contribution in [0.25, 0.3) is 0 Å². The molecular formula is C12H13ClO3S. The highest BCUT2D eigenvalue weighted by Crippen LogP contribution is 2.36. The Morgan fingerprint density at radius 3 is 3.12 bits per heavy atom. The smallest absolute Gasteiger partial charge is 0.183 e. The zero-order valence-corrected chi connectivity index (χ0v) is 11.0. The summed E-state index contributed by atoms with van der Waals surface area (Å²) >= 11 is 7.15. The fourth-order valence-electron chi connectivity index (χ4n) is 1.61. The van der Waals surface area contributed by atoms with E-state index in [-0.39, 0.29) is 5.78 Å². The maximum atomic E-state index is 11.8. The number of alkyl halides is 1. The molecule has 5 heteroatoms. The van der Waals surface area contributed by atoms with E-state index in [4.69, 9.17) is 21.1 Å². The van der Waals surface area contributed by atoms with Gasteiger partial charge in [0, 0.05) is 12.3 Å². The number of Topliss-reactive ketones (excluding diaryl/α,β-unsaturated/α-hetero) is 1. The molecule has 1 atom stereocenters. The average Bonchev–Trinajstić information content (AvgIpc) is 2.50. The van der Waals surface area contributed by atoms with E-state index in [0.29, 0.717) is 18.1 Å². The van der Waals surface area contributed by atoms with Crippen molar-refractivity contribution in [3.05, 3.63) is 18.2 Å². The predicted octanol–water partition coefficient (Wildman–Crippen LogP) is 2.75. The molecule has 2 rings (SSSR count). The van der Waals surface area contributed by atoms with Crippen molar-refractivity contribution in [2.75, 3.05) is 18.7 Å². The lowest BCUT2D eigenvalue weighted by Crippen LogP contribution is -2.28. The highest BCUT2D eigenvalue weighted by molar-refractivity contribution is 8.00. The number of halogens is 1. The molecule has 0 aromatic heterocycles. The second-order valence-electron chi connectivity index (χ2n) is 3.65. The number of hydrogen-bond donors (Lipinski definition) is 0. The van der Waals surface area contributed by atoms with Gasteiger partial charge in [0.2, 0.25) is 0 Å². The van der Waals surface area contributed by atoms with Gasteiger partial charge in [0.15, 0.2) is 11.9 Å². The van der Waals surface area contributed by atoms with Crippen molar-refractivity contribution in [2.45, 2.75) is 17.4 Å². The zero-order valence-electron chi connectivity index (χ0n) is 9.44. The molecule has 0 saturated heterocycles. The summed E-state index contributed by atoms with van der Waals surface area (Å²) in [5.74, 6) is 2.43. The zero-order chi connectivity index (χ0) is 12.3. The minimum absolute atomic E-state index is 0.0887. The summed E-state index contributed by atoms with van der Waals surface area (Å²) in [5, 5.41) is 0. The van der Waals surface area contributed by atoms with Crippen molar-refractivity contribution >= 4 is 29.1 Å². The van der Waals surface area contributed by atoms with Crippen LogP contribution in [0.15, 0.2) is 23.1 Å². The number of ketones is 1. The van der Waals surface area contributed by atoms with E-state index in [9.17, 15) is 4.79 Å². The summed E-state index contributed by atoms with van der Waals surface area (Å²) in [6, 6.07) is 5.55. The second-order valence-corrected chi connectivity index (χ2v) is 5.05. The molecule has 0 fully saturated rings. The summed E-state index contributed by atoms with van der Waals surface area (Å²) in [6.45, 7) is 0. The number of methoxy groups -OCH3 is 1. The summed E-state index contributed by atoms with van der Waals surface area (Å²) < 4.78 is 10.8. The van der Waals surface area contributed by atoms with Crippen molar-refractivity contribution < 1.29 is 14.3 Å². The van der Waals surface area contributed by atoms with Crippen LogP contribution in [0.2, 0.25) is 0 Å². The lowest BCUT2D eigenvalue weighted by molar-refractivity contribution is -0.123. The molecule has 0 saturated carbocycles. The first-order valence-electron chi connectivity index (χ1n) is 5.30. The fraction of sp³-hybridized carbons (Fsp3) is 0.417. The lowest BCUT2D eigenvalue weighted by Gasteiger charge is -2.14. The van der Waals surface area contributed by atoms with Crippen molar-refractivity contribution in [2.24, 2.45) is 0 Å². The van der Waals surface area contributed by atoms with Gasteiger partial charge in [-0.3, -0.25) is 4.79 Å². The molecule has 0 bridgehead atoms. The standard InChI is InChI=1S/C12H13ClO3S/c1-15-8-2-3-11-12(6-8)17-7-9(14)10(16-11)4-5-13/h2-3,6,10H,4-5,7H2,1H3. The summed E-state index contributed by atoms with van der Waals surface area (Å²) in [7, 11) is 1.62. The molecule has 1 aromatic carbocycles. The van der Waals surface area contributed by atoms with Crippen LogP contribution in [-0.4, -0.2) is 30.6 Å².